The molecule has 1 aliphatic heterocycles. The van der Waals surface area contributed by atoms with Crippen LogP contribution in [0.4, 0.5) is 14.5 Å². The minimum absolute atomic E-state index is 0.00531. The van der Waals surface area contributed by atoms with Gasteiger partial charge in [-0.25, -0.2) is 17.2 Å². The zero-order valence-corrected chi connectivity index (χ0v) is 23.5. The maximum atomic E-state index is 13.9. The molecule has 2 bridgehead atoms. The Bertz CT molecular complexity index is 1340. The van der Waals surface area contributed by atoms with Crippen LogP contribution >= 0.6 is 0 Å². The minimum atomic E-state index is -3.59. The van der Waals surface area contributed by atoms with E-state index in [9.17, 15) is 27.1 Å². The van der Waals surface area contributed by atoms with Crippen molar-refractivity contribution < 1.29 is 27.1 Å². The van der Waals surface area contributed by atoms with E-state index in [0.717, 1.165) is 35.6 Å². The Labute approximate surface area is 229 Å². The summed E-state index contributed by atoms with van der Waals surface area (Å²) in [6, 6.07) is 5.91. The van der Waals surface area contributed by atoms with E-state index < -0.39 is 39.7 Å². The van der Waals surface area contributed by atoms with Gasteiger partial charge in [-0.2, -0.15) is 0 Å². The van der Waals surface area contributed by atoms with Gasteiger partial charge in [0, 0.05) is 31.3 Å². The SMILES string of the molecule is CC/C1=C/CCCS(=O)(=O)N(C)c2cc(C(=O)N[C@@H](Cc3cc(F)cc(F)c3)C(O)CNC3CC3)cc1c2C. The van der Waals surface area contributed by atoms with Crippen molar-refractivity contribution in [2.45, 2.75) is 70.6 Å². The molecular weight excluding hydrogens is 524 g/mol. The molecule has 0 saturated heterocycles. The molecule has 1 fully saturated rings. The normalized spacial score (nSPS) is 20.1. The summed E-state index contributed by atoms with van der Waals surface area (Å²) in [5.74, 6) is -1.99. The van der Waals surface area contributed by atoms with Crippen LogP contribution in [-0.4, -0.2) is 57.0 Å². The highest BCUT2D eigenvalue weighted by Gasteiger charge is 2.28. The van der Waals surface area contributed by atoms with Gasteiger partial charge in [0.2, 0.25) is 10.0 Å². The molecule has 1 heterocycles. The Morgan fingerprint density at radius 1 is 1.15 bits per heavy atom. The first kappa shape index (κ1) is 29.2. The third-order valence-corrected chi connectivity index (χ3v) is 9.31. The van der Waals surface area contributed by atoms with Gasteiger partial charge >= 0.3 is 0 Å². The van der Waals surface area contributed by atoms with E-state index in [-0.39, 0.29) is 24.3 Å². The number of amides is 1. The van der Waals surface area contributed by atoms with E-state index in [0.29, 0.717) is 36.6 Å². The van der Waals surface area contributed by atoms with Crippen LogP contribution < -0.4 is 14.9 Å². The van der Waals surface area contributed by atoms with Gasteiger partial charge in [-0.1, -0.05) is 13.0 Å². The summed E-state index contributed by atoms with van der Waals surface area (Å²) in [6.45, 7) is 4.07. The summed E-state index contributed by atoms with van der Waals surface area (Å²) in [4.78, 5) is 13.6. The van der Waals surface area contributed by atoms with E-state index in [1.807, 2.05) is 19.9 Å². The molecule has 2 aliphatic rings. The van der Waals surface area contributed by atoms with Crippen LogP contribution in [0.15, 0.2) is 36.4 Å². The number of hydrogen-bond acceptors (Lipinski definition) is 5. The Hall–Kier alpha value is -2.82. The number of fused-ring (bicyclic) bond motifs is 2. The first-order chi connectivity index (χ1) is 18.5. The van der Waals surface area contributed by atoms with E-state index in [1.165, 1.54) is 23.5 Å². The minimum Gasteiger partial charge on any atom is -0.390 e. The number of benzene rings is 2. The number of anilines is 1. The van der Waals surface area contributed by atoms with Gasteiger partial charge in [0.15, 0.2) is 0 Å². The predicted molar refractivity (Wildman–Crippen MR) is 149 cm³/mol. The smallest absolute Gasteiger partial charge is 0.251 e. The number of nitrogens with zero attached hydrogens (tertiary/aromatic N) is 1. The Balaban J connectivity index is 1.69. The van der Waals surface area contributed by atoms with Crippen molar-refractivity contribution in [3.8, 4) is 0 Å². The number of aliphatic hydroxyl groups excluding tert-OH is 1. The first-order valence-electron chi connectivity index (χ1n) is 13.5. The summed E-state index contributed by atoms with van der Waals surface area (Å²) >= 11 is 0. The van der Waals surface area contributed by atoms with Crippen LogP contribution in [-0.2, 0) is 16.4 Å². The Morgan fingerprint density at radius 2 is 1.85 bits per heavy atom. The zero-order chi connectivity index (χ0) is 28.3. The van der Waals surface area contributed by atoms with Crippen molar-refractivity contribution in [2.75, 3.05) is 23.7 Å². The monoisotopic (exact) mass is 561 g/mol. The summed E-state index contributed by atoms with van der Waals surface area (Å²) < 4.78 is 54.9. The lowest BCUT2D eigenvalue weighted by molar-refractivity contribution is 0.0830. The molecule has 1 unspecified atom stereocenters. The van der Waals surface area contributed by atoms with Crippen LogP contribution in [0.3, 0.4) is 0 Å². The second-order valence-corrected chi connectivity index (χ2v) is 12.6. The van der Waals surface area contributed by atoms with Crippen LogP contribution in [0.1, 0.15) is 66.1 Å². The van der Waals surface area contributed by atoms with Crippen LogP contribution in [0.2, 0.25) is 0 Å². The highest BCUT2D eigenvalue weighted by molar-refractivity contribution is 7.92. The molecule has 4 rings (SSSR count). The van der Waals surface area contributed by atoms with Gasteiger partial charge in [-0.05, 0) is 92.0 Å². The lowest BCUT2D eigenvalue weighted by Crippen LogP contribution is -2.49. The summed E-state index contributed by atoms with van der Waals surface area (Å²) in [5.41, 5.74) is 3.54. The van der Waals surface area contributed by atoms with Gasteiger partial charge in [-0.3, -0.25) is 9.10 Å². The molecule has 1 saturated carbocycles. The molecule has 1 aliphatic carbocycles. The standard InChI is InChI=1S/C29H37F2N3O4S/c1-4-20-7-5-6-10-39(37,38)34(3)27-15-21(14-25(20)18(27)2)29(36)33-26(28(35)17-32-24-8-9-24)13-19-11-22(30)16-23(31)12-19/h7,11-12,14-16,24,26,28,32,35H,4-6,8-10,13,17H2,1-3H3,(H,33,36)/b20-7-/t26-,28?/m0/s1. The number of rotatable bonds is 9. The highest BCUT2D eigenvalue weighted by atomic mass is 32.2. The molecule has 0 aromatic heterocycles. The van der Waals surface area contributed by atoms with Crippen molar-refractivity contribution in [1.29, 1.82) is 0 Å². The van der Waals surface area contributed by atoms with Crippen LogP contribution in [0.5, 0.6) is 0 Å². The largest absolute Gasteiger partial charge is 0.390 e. The van der Waals surface area contributed by atoms with Crippen molar-refractivity contribution in [1.82, 2.24) is 10.6 Å². The van der Waals surface area contributed by atoms with Crippen molar-refractivity contribution >= 4 is 27.2 Å². The quantitative estimate of drug-likeness (QED) is 0.429. The molecule has 0 spiro atoms. The fourth-order valence-electron chi connectivity index (χ4n) is 5.00. The molecule has 39 heavy (non-hydrogen) atoms. The van der Waals surface area contributed by atoms with Gasteiger partial charge < -0.3 is 15.7 Å². The molecule has 2 aromatic rings. The lowest BCUT2D eigenvalue weighted by Gasteiger charge is -2.27. The van der Waals surface area contributed by atoms with E-state index >= 15 is 0 Å². The highest BCUT2D eigenvalue weighted by Crippen LogP contribution is 2.34. The second-order valence-electron chi connectivity index (χ2n) is 10.5. The third-order valence-electron chi connectivity index (χ3n) is 7.47. The van der Waals surface area contributed by atoms with Gasteiger partial charge in [0.25, 0.3) is 5.91 Å². The molecule has 10 heteroatoms. The van der Waals surface area contributed by atoms with Crippen molar-refractivity contribution in [2.24, 2.45) is 0 Å². The zero-order valence-electron chi connectivity index (χ0n) is 22.6. The summed E-state index contributed by atoms with van der Waals surface area (Å²) in [6.07, 6.45) is 4.85. The lowest BCUT2D eigenvalue weighted by atomic mass is 9.93. The number of carbonyl (C=O) groups is 1. The fraction of sp³-hybridized carbons (Fsp3) is 0.483. The average molecular weight is 562 g/mol. The van der Waals surface area contributed by atoms with Crippen molar-refractivity contribution in [3.63, 3.8) is 0 Å². The van der Waals surface area contributed by atoms with E-state index in [1.54, 1.807) is 12.1 Å². The summed E-state index contributed by atoms with van der Waals surface area (Å²) in [7, 11) is -2.09. The molecule has 0 radical (unpaired) electrons. The maximum absolute atomic E-state index is 13.9. The van der Waals surface area contributed by atoms with E-state index in [4.69, 9.17) is 0 Å². The number of aliphatic hydroxyl groups is 1. The van der Waals surface area contributed by atoms with Crippen molar-refractivity contribution in [3.05, 3.63) is 70.3 Å². The molecular formula is C29H37F2N3O4S. The number of carbonyl (C=O) groups excluding carboxylic acids is 1. The number of sulfonamides is 1. The molecule has 2 aromatic carbocycles. The Morgan fingerprint density at radius 3 is 2.49 bits per heavy atom. The number of halogens is 2. The molecule has 212 valence electrons. The number of hydrogen-bond donors (Lipinski definition) is 3. The van der Waals surface area contributed by atoms with Gasteiger partial charge in [-0.15, -0.1) is 0 Å². The third kappa shape index (κ3) is 7.23. The number of allylic oxidation sites excluding steroid dienone is 2. The molecule has 3 N–H and O–H groups in total. The first-order valence-corrected chi connectivity index (χ1v) is 15.1. The second kappa shape index (κ2) is 12.1. The molecule has 2 atom stereocenters. The van der Waals surface area contributed by atoms with Crippen LogP contribution in [0, 0.1) is 18.6 Å². The molecule has 7 nitrogen and oxygen atoms in total. The van der Waals surface area contributed by atoms with Crippen LogP contribution in [0.25, 0.3) is 5.57 Å². The van der Waals surface area contributed by atoms with Gasteiger partial charge in [0.05, 0.1) is 23.6 Å². The molecule has 1 amide bonds. The van der Waals surface area contributed by atoms with Gasteiger partial charge in [0.1, 0.15) is 11.6 Å². The average Bonchev–Trinajstić information content (AvgIpc) is 3.70. The summed E-state index contributed by atoms with van der Waals surface area (Å²) in [5, 5.41) is 17.1. The number of nitrogens with one attached hydrogen (secondary N) is 2. The van der Waals surface area contributed by atoms with E-state index in [2.05, 4.69) is 10.6 Å². The fourth-order valence-corrected chi connectivity index (χ4v) is 6.29. The predicted octanol–water partition coefficient (Wildman–Crippen LogP) is 4.08. The maximum Gasteiger partial charge on any atom is 0.251 e. The topological polar surface area (TPSA) is 98.7 Å². The Kier molecular flexibility index (Phi) is 9.08.